The Morgan fingerprint density at radius 2 is 1.82 bits per heavy atom. The van der Waals surface area contributed by atoms with Crippen LogP contribution >= 0.6 is 0 Å². The molecule has 1 saturated heterocycles. The van der Waals surface area contributed by atoms with Gasteiger partial charge in [0, 0.05) is 0 Å². The standard InChI is InChI=1S/C26H42O2/c1-3-4-10-21-11-6-5-8-18(2)15-20-16-25-22-12-7-9-19(22)13-14-23(25)24(20)17-26(27)28-21/h16,18-19,21-25H,3-15,17H2,1-2H3/t18-,19?,21+,22?,23?,24?,25?/m1/s1. The van der Waals surface area contributed by atoms with Crippen LogP contribution in [0.3, 0.4) is 0 Å². The van der Waals surface area contributed by atoms with Gasteiger partial charge in [-0.15, -0.1) is 0 Å². The second-order valence-electron chi connectivity index (χ2n) is 10.6. The molecule has 28 heavy (non-hydrogen) atoms. The Morgan fingerprint density at radius 3 is 2.68 bits per heavy atom. The molecule has 0 amide bonds. The Morgan fingerprint density at radius 1 is 0.964 bits per heavy atom. The summed E-state index contributed by atoms with van der Waals surface area (Å²) >= 11 is 0. The minimum Gasteiger partial charge on any atom is -0.462 e. The average molecular weight is 387 g/mol. The molecule has 2 nitrogen and oxygen atoms in total. The molecule has 0 aromatic heterocycles. The van der Waals surface area contributed by atoms with Crippen LogP contribution in [0.2, 0.25) is 0 Å². The van der Waals surface area contributed by atoms with Crippen molar-refractivity contribution >= 4 is 5.97 Å². The van der Waals surface area contributed by atoms with E-state index >= 15 is 0 Å². The topological polar surface area (TPSA) is 26.3 Å². The maximum absolute atomic E-state index is 12.9. The first-order chi connectivity index (χ1) is 13.7. The van der Waals surface area contributed by atoms with E-state index in [4.69, 9.17) is 4.74 Å². The molecule has 2 heteroatoms. The first kappa shape index (κ1) is 20.5. The summed E-state index contributed by atoms with van der Waals surface area (Å²) in [5.74, 6) is 4.72. The Hall–Kier alpha value is -0.790. The highest BCUT2D eigenvalue weighted by Gasteiger charge is 2.48. The zero-order chi connectivity index (χ0) is 19.5. The summed E-state index contributed by atoms with van der Waals surface area (Å²) in [4.78, 5) is 12.9. The van der Waals surface area contributed by atoms with E-state index in [1.54, 1.807) is 5.57 Å². The summed E-state index contributed by atoms with van der Waals surface area (Å²) in [5.41, 5.74) is 1.64. The van der Waals surface area contributed by atoms with Crippen LogP contribution in [-0.4, -0.2) is 12.1 Å². The minimum absolute atomic E-state index is 0.0967. The number of unbranched alkanes of at least 4 members (excludes halogenated alkanes) is 1. The molecule has 0 radical (unpaired) electrons. The van der Waals surface area contributed by atoms with E-state index < -0.39 is 0 Å². The monoisotopic (exact) mass is 386 g/mol. The molecule has 7 atom stereocenters. The van der Waals surface area contributed by atoms with E-state index in [-0.39, 0.29) is 12.1 Å². The summed E-state index contributed by atoms with van der Waals surface area (Å²) in [6.45, 7) is 4.67. The highest BCUT2D eigenvalue weighted by molar-refractivity contribution is 5.70. The highest BCUT2D eigenvalue weighted by Crippen LogP contribution is 2.56. The molecule has 0 bridgehead atoms. The smallest absolute Gasteiger partial charge is 0.306 e. The number of fused-ring (bicyclic) bond motifs is 5. The van der Waals surface area contributed by atoms with Crippen LogP contribution in [0, 0.1) is 35.5 Å². The fourth-order valence-corrected chi connectivity index (χ4v) is 7.19. The molecule has 3 fully saturated rings. The van der Waals surface area contributed by atoms with Gasteiger partial charge < -0.3 is 4.74 Å². The highest BCUT2D eigenvalue weighted by atomic mass is 16.5. The van der Waals surface area contributed by atoms with Crippen molar-refractivity contribution in [1.29, 1.82) is 0 Å². The average Bonchev–Trinajstić information content (AvgIpc) is 3.27. The summed E-state index contributed by atoms with van der Waals surface area (Å²) in [6, 6.07) is 0. The van der Waals surface area contributed by atoms with Gasteiger partial charge in [0.1, 0.15) is 6.10 Å². The summed E-state index contributed by atoms with van der Waals surface area (Å²) in [6.07, 6.45) is 20.1. The molecule has 4 rings (SSSR count). The molecule has 5 unspecified atom stereocenters. The van der Waals surface area contributed by atoms with Gasteiger partial charge in [-0.25, -0.2) is 0 Å². The Balaban J connectivity index is 1.50. The number of allylic oxidation sites excluding steroid dienone is 2. The molecule has 0 aromatic carbocycles. The second kappa shape index (κ2) is 9.35. The summed E-state index contributed by atoms with van der Waals surface area (Å²) in [5, 5.41) is 0. The van der Waals surface area contributed by atoms with Crippen LogP contribution in [0.25, 0.3) is 0 Å². The molecule has 0 spiro atoms. The molecule has 2 saturated carbocycles. The Labute approximate surface area is 172 Å². The molecule has 0 aromatic rings. The van der Waals surface area contributed by atoms with Crippen molar-refractivity contribution in [2.75, 3.05) is 0 Å². The lowest BCUT2D eigenvalue weighted by Gasteiger charge is -2.38. The Kier molecular flexibility index (Phi) is 6.84. The number of ether oxygens (including phenoxy) is 1. The normalized spacial score (nSPS) is 41.7. The third-order valence-electron chi connectivity index (χ3n) is 8.60. The van der Waals surface area contributed by atoms with Crippen LogP contribution in [0.4, 0.5) is 0 Å². The number of carbonyl (C=O) groups excluding carboxylic acids is 1. The molecular formula is C26H42O2. The Bertz CT molecular complexity index is 565. The van der Waals surface area contributed by atoms with Crippen molar-refractivity contribution in [1.82, 2.24) is 0 Å². The number of esters is 1. The van der Waals surface area contributed by atoms with Gasteiger partial charge in [0.15, 0.2) is 0 Å². The number of hydrogen-bond acceptors (Lipinski definition) is 2. The third kappa shape index (κ3) is 4.51. The van der Waals surface area contributed by atoms with Gasteiger partial charge in [0.05, 0.1) is 6.42 Å². The first-order valence-electron chi connectivity index (χ1n) is 12.6. The minimum atomic E-state index is 0.0967. The largest absolute Gasteiger partial charge is 0.462 e. The van der Waals surface area contributed by atoms with Gasteiger partial charge >= 0.3 is 5.97 Å². The lowest BCUT2D eigenvalue weighted by molar-refractivity contribution is -0.151. The fraction of sp³-hybridized carbons (Fsp3) is 0.885. The molecule has 3 aliphatic carbocycles. The maximum atomic E-state index is 12.9. The van der Waals surface area contributed by atoms with Crippen LogP contribution in [0.1, 0.15) is 104 Å². The number of carbonyl (C=O) groups is 1. The molecule has 0 N–H and O–H groups in total. The summed E-state index contributed by atoms with van der Waals surface area (Å²) < 4.78 is 6.06. The zero-order valence-corrected chi connectivity index (χ0v) is 18.3. The van der Waals surface area contributed by atoms with E-state index in [0.29, 0.717) is 12.3 Å². The van der Waals surface area contributed by atoms with Gasteiger partial charge in [0.2, 0.25) is 0 Å². The first-order valence-corrected chi connectivity index (χ1v) is 12.6. The predicted molar refractivity (Wildman–Crippen MR) is 115 cm³/mol. The van der Waals surface area contributed by atoms with E-state index in [1.807, 2.05) is 0 Å². The van der Waals surface area contributed by atoms with Gasteiger partial charge in [-0.1, -0.05) is 64.0 Å². The van der Waals surface area contributed by atoms with Crippen molar-refractivity contribution < 1.29 is 9.53 Å². The van der Waals surface area contributed by atoms with E-state index in [0.717, 1.165) is 42.4 Å². The van der Waals surface area contributed by atoms with Crippen LogP contribution < -0.4 is 0 Å². The number of rotatable bonds is 3. The molecule has 1 aliphatic heterocycles. The van der Waals surface area contributed by atoms with Crippen molar-refractivity contribution in [2.45, 2.75) is 110 Å². The summed E-state index contributed by atoms with van der Waals surface area (Å²) in [7, 11) is 0. The van der Waals surface area contributed by atoms with Gasteiger partial charge in [-0.05, 0) is 80.5 Å². The lowest BCUT2D eigenvalue weighted by Crippen LogP contribution is -2.33. The molecule has 4 aliphatic rings. The van der Waals surface area contributed by atoms with E-state index in [2.05, 4.69) is 19.9 Å². The molecule has 158 valence electrons. The van der Waals surface area contributed by atoms with Gasteiger partial charge in [-0.3, -0.25) is 4.79 Å². The number of cyclic esters (lactones) is 1. The van der Waals surface area contributed by atoms with Crippen molar-refractivity contribution in [3.63, 3.8) is 0 Å². The van der Waals surface area contributed by atoms with Crippen LogP contribution in [0.5, 0.6) is 0 Å². The lowest BCUT2D eigenvalue weighted by atomic mass is 9.66. The zero-order valence-electron chi connectivity index (χ0n) is 18.3. The third-order valence-corrected chi connectivity index (χ3v) is 8.60. The van der Waals surface area contributed by atoms with Gasteiger partial charge in [-0.2, -0.15) is 0 Å². The van der Waals surface area contributed by atoms with Crippen molar-refractivity contribution in [3.8, 4) is 0 Å². The SMILES string of the molecule is CCCC[C@H]1CCCC[C@@H](C)CC2=CC3C4CCCC4CCC3C2CC(=O)O1. The van der Waals surface area contributed by atoms with Gasteiger partial charge in [0.25, 0.3) is 0 Å². The maximum Gasteiger partial charge on any atom is 0.306 e. The van der Waals surface area contributed by atoms with Crippen LogP contribution in [0.15, 0.2) is 11.6 Å². The predicted octanol–water partition coefficient (Wildman–Crippen LogP) is 7.08. The second-order valence-corrected chi connectivity index (χ2v) is 10.6. The molecular weight excluding hydrogens is 344 g/mol. The van der Waals surface area contributed by atoms with Crippen LogP contribution in [-0.2, 0) is 9.53 Å². The van der Waals surface area contributed by atoms with Crippen molar-refractivity contribution in [2.24, 2.45) is 35.5 Å². The van der Waals surface area contributed by atoms with E-state index in [9.17, 15) is 4.79 Å². The number of hydrogen-bond donors (Lipinski definition) is 0. The molecule has 1 heterocycles. The fourth-order valence-electron chi connectivity index (χ4n) is 7.19. The quantitative estimate of drug-likeness (QED) is 0.383. The van der Waals surface area contributed by atoms with Crippen molar-refractivity contribution in [3.05, 3.63) is 11.6 Å². The van der Waals surface area contributed by atoms with E-state index in [1.165, 1.54) is 70.6 Å².